The molecule has 1 aromatic heterocycles. The summed E-state index contributed by atoms with van der Waals surface area (Å²) < 4.78 is 0. The van der Waals surface area contributed by atoms with Crippen molar-refractivity contribution in [2.24, 2.45) is 0 Å². The number of carbonyl (C=O) groups excluding carboxylic acids is 2. The van der Waals surface area contributed by atoms with Gasteiger partial charge >= 0.3 is 5.69 Å². The number of hydrogen-bond acceptors (Lipinski definition) is 3. The highest BCUT2D eigenvalue weighted by atomic mass is 35.5. The summed E-state index contributed by atoms with van der Waals surface area (Å²) in [5.41, 5.74) is 1.70. The number of imidazole rings is 1. The Balaban J connectivity index is 1.72. The average Bonchev–Trinajstić information content (AvgIpc) is 2.86. The Bertz CT molecular complexity index is 958. The van der Waals surface area contributed by atoms with Gasteiger partial charge in [-0.05, 0) is 30.3 Å². The highest BCUT2D eigenvalue weighted by Gasteiger charge is 2.14. The molecular formula is C16H12ClN3O3. The van der Waals surface area contributed by atoms with Gasteiger partial charge in [0.15, 0.2) is 5.78 Å². The number of aromatic amines is 2. The Hall–Kier alpha value is -2.86. The van der Waals surface area contributed by atoms with Crippen LogP contribution in [0.4, 0.5) is 5.69 Å². The van der Waals surface area contributed by atoms with Crippen molar-refractivity contribution in [2.75, 3.05) is 5.32 Å². The van der Waals surface area contributed by atoms with Gasteiger partial charge in [-0.1, -0.05) is 23.7 Å². The number of Topliss-reactive ketones (excluding diaryl/α,β-unsaturated/α-hetero) is 1. The van der Waals surface area contributed by atoms with E-state index in [2.05, 4.69) is 15.3 Å². The molecule has 7 heteroatoms. The molecule has 0 saturated carbocycles. The van der Waals surface area contributed by atoms with E-state index < -0.39 is 5.91 Å². The number of anilines is 1. The fourth-order valence-corrected chi connectivity index (χ4v) is 2.49. The van der Waals surface area contributed by atoms with Gasteiger partial charge in [-0.2, -0.15) is 0 Å². The first-order valence-corrected chi connectivity index (χ1v) is 7.20. The third-order valence-electron chi connectivity index (χ3n) is 3.30. The number of benzene rings is 2. The van der Waals surface area contributed by atoms with Gasteiger partial charge in [0.25, 0.3) is 0 Å². The summed E-state index contributed by atoms with van der Waals surface area (Å²) in [6.07, 6.45) is -0.314. The maximum absolute atomic E-state index is 12.1. The molecule has 1 heterocycles. The molecule has 116 valence electrons. The van der Waals surface area contributed by atoms with E-state index in [4.69, 9.17) is 11.6 Å². The molecule has 1 amide bonds. The van der Waals surface area contributed by atoms with Gasteiger partial charge in [0, 0.05) is 11.3 Å². The monoisotopic (exact) mass is 329 g/mol. The molecule has 0 aliphatic heterocycles. The number of H-pyrrole nitrogens is 2. The minimum Gasteiger partial charge on any atom is -0.326 e. The Kier molecular flexibility index (Phi) is 3.99. The van der Waals surface area contributed by atoms with Crippen molar-refractivity contribution in [3.8, 4) is 0 Å². The van der Waals surface area contributed by atoms with Crippen molar-refractivity contribution in [1.29, 1.82) is 0 Å². The van der Waals surface area contributed by atoms with Crippen LogP contribution in [-0.2, 0) is 4.79 Å². The van der Waals surface area contributed by atoms with Crippen LogP contribution in [0.15, 0.2) is 47.3 Å². The van der Waals surface area contributed by atoms with Crippen molar-refractivity contribution >= 4 is 40.0 Å². The molecule has 2 aromatic carbocycles. The van der Waals surface area contributed by atoms with Crippen LogP contribution in [0.25, 0.3) is 11.0 Å². The maximum Gasteiger partial charge on any atom is 0.323 e. The summed E-state index contributed by atoms with van der Waals surface area (Å²) >= 11 is 5.94. The summed E-state index contributed by atoms with van der Waals surface area (Å²) in [4.78, 5) is 40.5. The molecule has 0 saturated heterocycles. The molecule has 0 aliphatic carbocycles. The molecule has 3 aromatic rings. The fraction of sp³-hybridized carbons (Fsp3) is 0.0625. The number of nitrogens with one attached hydrogen (secondary N) is 3. The molecule has 0 radical (unpaired) electrons. The second-order valence-corrected chi connectivity index (χ2v) is 5.37. The molecule has 3 rings (SSSR count). The molecule has 23 heavy (non-hydrogen) atoms. The minimum atomic E-state index is -0.452. The van der Waals surface area contributed by atoms with Crippen LogP contribution in [0.1, 0.15) is 16.8 Å². The van der Waals surface area contributed by atoms with Gasteiger partial charge in [-0.3, -0.25) is 9.59 Å². The van der Waals surface area contributed by atoms with Crippen molar-refractivity contribution < 1.29 is 9.59 Å². The molecule has 0 spiro atoms. The lowest BCUT2D eigenvalue weighted by Crippen LogP contribution is -2.16. The summed E-state index contributed by atoms with van der Waals surface area (Å²) in [5.74, 6) is -0.809. The Morgan fingerprint density at radius 1 is 1.04 bits per heavy atom. The predicted molar refractivity (Wildman–Crippen MR) is 87.9 cm³/mol. The number of aromatic nitrogens is 2. The van der Waals surface area contributed by atoms with E-state index >= 15 is 0 Å². The number of carbonyl (C=O) groups is 2. The van der Waals surface area contributed by atoms with Crippen molar-refractivity contribution in [2.45, 2.75) is 6.42 Å². The average molecular weight is 330 g/mol. The van der Waals surface area contributed by atoms with Crippen LogP contribution in [0, 0.1) is 0 Å². The minimum absolute atomic E-state index is 0.314. The molecule has 0 fully saturated rings. The van der Waals surface area contributed by atoms with Gasteiger partial charge in [0.05, 0.1) is 22.5 Å². The van der Waals surface area contributed by atoms with E-state index in [0.29, 0.717) is 27.3 Å². The molecule has 0 bridgehead atoms. The first kappa shape index (κ1) is 15.1. The smallest absolute Gasteiger partial charge is 0.323 e. The second kappa shape index (κ2) is 6.10. The Morgan fingerprint density at radius 3 is 2.57 bits per heavy atom. The largest absolute Gasteiger partial charge is 0.326 e. The summed E-state index contributed by atoms with van der Waals surface area (Å²) in [5, 5.41) is 2.94. The first-order valence-electron chi connectivity index (χ1n) is 6.82. The number of halogens is 1. The van der Waals surface area contributed by atoms with Crippen LogP contribution < -0.4 is 11.0 Å². The Morgan fingerprint density at radius 2 is 1.78 bits per heavy atom. The lowest BCUT2D eigenvalue weighted by atomic mass is 10.1. The van der Waals surface area contributed by atoms with Gasteiger partial charge in [0.2, 0.25) is 5.91 Å². The van der Waals surface area contributed by atoms with Crippen molar-refractivity contribution in [1.82, 2.24) is 9.97 Å². The van der Waals surface area contributed by atoms with Crippen LogP contribution in [-0.4, -0.2) is 21.7 Å². The van der Waals surface area contributed by atoms with Gasteiger partial charge in [-0.15, -0.1) is 0 Å². The summed E-state index contributed by atoms with van der Waals surface area (Å²) in [6, 6.07) is 11.5. The van der Waals surface area contributed by atoms with Gasteiger partial charge in [-0.25, -0.2) is 4.79 Å². The van der Waals surface area contributed by atoms with E-state index in [9.17, 15) is 14.4 Å². The topological polar surface area (TPSA) is 94.8 Å². The van der Waals surface area contributed by atoms with Crippen LogP contribution in [0.3, 0.4) is 0 Å². The predicted octanol–water partition coefficient (Wildman–Crippen LogP) is 2.72. The molecule has 0 unspecified atom stereocenters. The summed E-state index contributed by atoms with van der Waals surface area (Å²) in [6.45, 7) is 0. The lowest BCUT2D eigenvalue weighted by molar-refractivity contribution is -0.115. The summed E-state index contributed by atoms with van der Waals surface area (Å²) in [7, 11) is 0. The second-order valence-electron chi connectivity index (χ2n) is 4.97. The Labute approximate surface area is 135 Å². The van der Waals surface area contributed by atoms with Crippen LogP contribution in [0.2, 0.25) is 5.02 Å². The number of ketones is 1. The number of hydrogen-bond donors (Lipinski definition) is 3. The zero-order chi connectivity index (χ0) is 16.4. The van der Waals surface area contributed by atoms with Crippen LogP contribution in [0.5, 0.6) is 0 Å². The van der Waals surface area contributed by atoms with Gasteiger partial charge in [0.1, 0.15) is 0 Å². The third-order valence-corrected chi connectivity index (χ3v) is 3.62. The lowest BCUT2D eigenvalue weighted by Gasteiger charge is -2.06. The molecule has 3 N–H and O–H groups in total. The third kappa shape index (κ3) is 3.32. The van der Waals surface area contributed by atoms with E-state index in [1.54, 1.807) is 42.5 Å². The zero-order valence-corrected chi connectivity index (χ0v) is 12.6. The first-order chi connectivity index (χ1) is 11.0. The highest BCUT2D eigenvalue weighted by molar-refractivity contribution is 6.34. The molecular weight excluding hydrogens is 318 g/mol. The van der Waals surface area contributed by atoms with E-state index in [-0.39, 0.29) is 17.9 Å². The van der Waals surface area contributed by atoms with Crippen molar-refractivity contribution in [3.05, 3.63) is 63.5 Å². The molecule has 0 atom stereocenters. The van der Waals surface area contributed by atoms with E-state index in [0.717, 1.165) is 0 Å². The number of amides is 1. The quantitative estimate of drug-likeness (QED) is 0.507. The number of fused-ring (bicyclic) bond motifs is 1. The molecule has 6 nitrogen and oxygen atoms in total. The van der Waals surface area contributed by atoms with E-state index in [1.807, 2.05) is 0 Å². The van der Waals surface area contributed by atoms with Crippen molar-refractivity contribution in [3.63, 3.8) is 0 Å². The SMILES string of the molecule is O=C(CC(=O)c1ccccc1Cl)Nc1ccc2[nH]c(=O)[nH]c2c1. The van der Waals surface area contributed by atoms with Gasteiger partial charge < -0.3 is 15.3 Å². The highest BCUT2D eigenvalue weighted by Crippen LogP contribution is 2.18. The normalized spacial score (nSPS) is 10.7. The molecule has 0 aliphatic rings. The fourth-order valence-electron chi connectivity index (χ4n) is 2.24. The standard InChI is InChI=1S/C16H12ClN3O3/c17-11-4-2-1-3-10(11)14(21)8-15(22)18-9-5-6-12-13(7-9)20-16(23)19-12/h1-7H,8H2,(H,18,22)(H2,19,20,23). The number of rotatable bonds is 4. The van der Waals surface area contributed by atoms with E-state index in [1.165, 1.54) is 0 Å². The zero-order valence-electron chi connectivity index (χ0n) is 11.9. The maximum atomic E-state index is 12.1. The van der Waals surface area contributed by atoms with Crippen LogP contribution >= 0.6 is 11.6 Å².